The molecule has 12 nitrogen and oxygen atoms in total. The largest absolute Gasteiger partial charge is 0.445 e. The van der Waals surface area contributed by atoms with Crippen LogP contribution >= 0.6 is 34.8 Å². The zero-order valence-corrected chi connectivity index (χ0v) is 30.6. The SMILES string of the molecule is COCCCNc1nc(C(C)(C)C)ncc1C(=O)N(CC(C)C)C1C/C(=N\C(=O)OCC(Cl)(Cl)Cl)CN(C(=O)OCc2ccccc2)C1. The fraction of sp³-hybridized carbons (Fsp3) is 0.576. The molecule has 1 N–H and O–H groups in total. The number of hydrogen-bond acceptors (Lipinski definition) is 9. The highest BCUT2D eigenvalue weighted by molar-refractivity contribution is 6.67. The highest BCUT2D eigenvalue weighted by Crippen LogP contribution is 2.27. The number of anilines is 1. The van der Waals surface area contributed by atoms with Crippen molar-refractivity contribution in [3.63, 3.8) is 0 Å². The summed E-state index contributed by atoms with van der Waals surface area (Å²) in [6.07, 6.45) is 0.818. The van der Waals surface area contributed by atoms with Crippen molar-refractivity contribution in [1.82, 2.24) is 19.8 Å². The van der Waals surface area contributed by atoms with Gasteiger partial charge in [-0.1, -0.05) is 99.8 Å². The zero-order chi connectivity index (χ0) is 35.5. The molecule has 3 rings (SSSR count). The van der Waals surface area contributed by atoms with E-state index in [4.69, 9.17) is 54.0 Å². The van der Waals surface area contributed by atoms with Gasteiger partial charge in [-0.2, -0.15) is 4.99 Å². The molecule has 1 unspecified atom stereocenters. The van der Waals surface area contributed by atoms with Crippen LogP contribution in [-0.4, -0.2) is 99.9 Å². The molecule has 48 heavy (non-hydrogen) atoms. The Kier molecular flexibility index (Phi) is 14.7. The molecule has 2 heterocycles. The average Bonchev–Trinajstić information content (AvgIpc) is 3.02. The van der Waals surface area contributed by atoms with Gasteiger partial charge in [-0.3, -0.25) is 4.79 Å². The molecule has 1 fully saturated rings. The number of nitrogens with zero attached hydrogens (tertiary/aromatic N) is 5. The summed E-state index contributed by atoms with van der Waals surface area (Å²) in [5, 5.41) is 3.29. The second-order valence-electron chi connectivity index (χ2n) is 13.0. The quantitative estimate of drug-likeness (QED) is 0.188. The molecule has 0 bridgehead atoms. The van der Waals surface area contributed by atoms with Crippen LogP contribution in [0.25, 0.3) is 0 Å². The lowest BCUT2D eigenvalue weighted by Gasteiger charge is -2.40. The van der Waals surface area contributed by atoms with Crippen LogP contribution in [0.15, 0.2) is 41.5 Å². The Morgan fingerprint density at radius 1 is 1.12 bits per heavy atom. The number of aromatic nitrogens is 2. The second kappa shape index (κ2) is 18.0. The first-order valence-electron chi connectivity index (χ1n) is 15.7. The van der Waals surface area contributed by atoms with Crippen molar-refractivity contribution in [3.05, 3.63) is 53.5 Å². The van der Waals surface area contributed by atoms with E-state index in [9.17, 15) is 14.4 Å². The summed E-state index contributed by atoms with van der Waals surface area (Å²) < 4.78 is 14.0. The minimum Gasteiger partial charge on any atom is -0.445 e. The maximum atomic E-state index is 14.5. The van der Waals surface area contributed by atoms with Gasteiger partial charge < -0.3 is 29.3 Å². The maximum absolute atomic E-state index is 14.5. The molecule has 0 radical (unpaired) electrons. The summed E-state index contributed by atoms with van der Waals surface area (Å²) >= 11 is 17.2. The molecule has 1 atom stereocenters. The first kappa shape index (κ1) is 39.3. The Morgan fingerprint density at radius 3 is 2.46 bits per heavy atom. The van der Waals surface area contributed by atoms with Gasteiger partial charge in [0.2, 0.25) is 3.79 Å². The highest BCUT2D eigenvalue weighted by Gasteiger charge is 2.36. The number of alkyl halides is 3. The van der Waals surface area contributed by atoms with Crippen molar-refractivity contribution in [2.45, 2.75) is 69.3 Å². The van der Waals surface area contributed by atoms with E-state index in [0.717, 1.165) is 5.56 Å². The Morgan fingerprint density at radius 2 is 1.83 bits per heavy atom. The van der Waals surface area contributed by atoms with E-state index in [-0.39, 0.29) is 48.9 Å². The Bertz CT molecular complexity index is 1410. The van der Waals surface area contributed by atoms with Crippen LogP contribution in [0, 0.1) is 5.92 Å². The van der Waals surface area contributed by atoms with Gasteiger partial charge in [0.25, 0.3) is 5.91 Å². The third-order valence-corrected chi connectivity index (χ3v) is 7.45. The van der Waals surface area contributed by atoms with E-state index in [1.54, 1.807) is 18.2 Å². The van der Waals surface area contributed by atoms with E-state index >= 15 is 0 Å². The summed E-state index contributed by atoms with van der Waals surface area (Å²) in [5.41, 5.74) is 1.04. The van der Waals surface area contributed by atoms with Gasteiger partial charge in [-0.15, -0.1) is 0 Å². The third-order valence-electron chi connectivity index (χ3n) is 7.12. The normalized spacial score (nSPS) is 16.2. The summed E-state index contributed by atoms with van der Waals surface area (Å²) in [7, 11) is 1.63. The summed E-state index contributed by atoms with van der Waals surface area (Å²) in [5.74, 6) is 0.707. The van der Waals surface area contributed by atoms with Crippen molar-refractivity contribution in [1.29, 1.82) is 0 Å². The van der Waals surface area contributed by atoms with Gasteiger partial charge in [-0.05, 0) is 17.9 Å². The number of ether oxygens (including phenoxy) is 3. The number of amides is 3. The molecule has 15 heteroatoms. The van der Waals surface area contributed by atoms with Crippen LogP contribution in [-0.2, 0) is 26.2 Å². The smallest absolute Gasteiger partial charge is 0.433 e. The molecule has 1 aromatic carbocycles. The number of aliphatic imine (C=N–C) groups is 1. The number of rotatable bonds is 12. The van der Waals surface area contributed by atoms with Gasteiger partial charge in [-0.25, -0.2) is 19.6 Å². The molecule has 3 amide bonds. The van der Waals surface area contributed by atoms with Crippen molar-refractivity contribution in [3.8, 4) is 0 Å². The van der Waals surface area contributed by atoms with Crippen molar-refractivity contribution >= 4 is 64.4 Å². The van der Waals surface area contributed by atoms with Gasteiger partial charge >= 0.3 is 12.2 Å². The number of likely N-dealkylation sites (tertiary alicyclic amines) is 1. The number of carbonyl (C=O) groups excluding carboxylic acids is 3. The molecule has 1 aliphatic heterocycles. The Balaban J connectivity index is 1.97. The van der Waals surface area contributed by atoms with Gasteiger partial charge in [0.1, 0.15) is 30.4 Å². The first-order valence-corrected chi connectivity index (χ1v) is 16.9. The van der Waals surface area contributed by atoms with Crippen molar-refractivity contribution in [2.75, 3.05) is 51.8 Å². The highest BCUT2D eigenvalue weighted by atomic mass is 35.6. The van der Waals surface area contributed by atoms with Crippen LogP contribution in [0.2, 0.25) is 0 Å². The maximum Gasteiger partial charge on any atom is 0.433 e. The van der Waals surface area contributed by atoms with Crippen molar-refractivity contribution < 1.29 is 28.6 Å². The van der Waals surface area contributed by atoms with Crippen molar-refractivity contribution in [2.24, 2.45) is 10.9 Å². The number of nitrogens with one attached hydrogen (secondary N) is 1. The van der Waals surface area contributed by atoms with Crippen LogP contribution in [0.3, 0.4) is 0 Å². The molecule has 0 saturated carbocycles. The third kappa shape index (κ3) is 12.7. The number of methoxy groups -OCH3 is 1. The minimum atomic E-state index is -1.82. The van der Waals surface area contributed by atoms with E-state index in [1.165, 1.54) is 4.90 Å². The minimum absolute atomic E-state index is 0.0214. The van der Waals surface area contributed by atoms with E-state index < -0.39 is 28.6 Å². The lowest BCUT2D eigenvalue weighted by Crippen LogP contribution is -2.55. The van der Waals surface area contributed by atoms with Gasteiger partial charge in [0.15, 0.2) is 0 Å². The molecule has 1 saturated heterocycles. The topological polar surface area (TPSA) is 136 Å². The van der Waals surface area contributed by atoms with Crippen LogP contribution < -0.4 is 5.32 Å². The second-order valence-corrected chi connectivity index (χ2v) is 15.5. The van der Waals surface area contributed by atoms with Gasteiger partial charge in [0.05, 0.1) is 12.6 Å². The van der Waals surface area contributed by atoms with Crippen LogP contribution in [0.1, 0.15) is 69.2 Å². The summed E-state index contributed by atoms with van der Waals surface area (Å²) in [6, 6.07) is 8.67. The lowest BCUT2D eigenvalue weighted by molar-refractivity contribution is 0.0539. The standard InChI is InChI=1S/C33H45Cl3N6O6/c1-22(2)17-42(28(43)26-16-38-29(32(3,4)5)40-27(26)37-13-10-14-46-6)25-15-24(39-30(44)48-21-33(34,35)36)18-41(19-25)31(45)47-20-23-11-8-7-9-12-23/h7-9,11-12,16,22,25H,10,13-15,17-21H2,1-6H3,(H,37,38,40)/b39-24+. The van der Waals surface area contributed by atoms with E-state index in [0.29, 0.717) is 43.5 Å². The molecule has 1 aliphatic rings. The molecule has 264 valence electrons. The monoisotopic (exact) mass is 726 g/mol. The average molecular weight is 728 g/mol. The predicted molar refractivity (Wildman–Crippen MR) is 187 cm³/mol. The number of hydrogen-bond donors (Lipinski definition) is 1. The number of carbonyl (C=O) groups is 3. The fourth-order valence-electron chi connectivity index (χ4n) is 4.89. The molecule has 1 aromatic heterocycles. The fourth-order valence-corrected chi connectivity index (χ4v) is 5.05. The summed E-state index contributed by atoms with van der Waals surface area (Å²) in [4.78, 5) is 56.9. The molecule has 0 spiro atoms. The number of halogens is 3. The van der Waals surface area contributed by atoms with Crippen LogP contribution in [0.4, 0.5) is 15.4 Å². The number of piperidine rings is 1. The van der Waals surface area contributed by atoms with E-state index in [2.05, 4.69) is 15.3 Å². The molecule has 0 aliphatic carbocycles. The number of benzene rings is 1. The predicted octanol–water partition coefficient (Wildman–Crippen LogP) is 6.68. The molecular weight excluding hydrogens is 683 g/mol. The van der Waals surface area contributed by atoms with Gasteiger partial charge in [0, 0.05) is 57.1 Å². The summed E-state index contributed by atoms with van der Waals surface area (Å²) in [6.45, 7) is 11.0. The Hall–Kier alpha value is -3.19. The Labute approximate surface area is 297 Å². The first-order chi connectivity index (χ1) is 22.6. The zero-order valence-electron chi connectivity index (χ0n) is 28.3. The molecule has 2 aromatic rings. The van der Waals surface area contributed by atoms with Crippen LogP contribution in [0.5, 0.6) is 0 Å². The molecular formula is C33H45Cl3N6O6. The lowest BCUT2D eigenvalue weighted by atomic mass is 9.95. The van der Waals surface area contributed by atoms with E-state index in [1.807, 2.05) is 65.0 Å².